The van der Waals surface area contributed by atoms with Gasteiger partial charge >= 0.3 is 0 Å². The predicted octanol–water partition coefficient (Wildman–Crippen LogP) is 4.45. The van der Waals surface area contributed by atoms with Crippen LogP contribution in [0.4, 0.5) is 10.1 Å². The molecule has 106 valence electrons. The van der Waals surface area contributed by atoms with Gasteiger partial charge in [-0.2, -0.15) is 0 Å². The lowest BCUT2D eigenvalue weighted by Gasteiger charge is -2.13. The van der Waals surface area contributed by atoms with Gasteiger partial charge in [0, 0.05) is 12.2 Å². The second-order valence-electron chi connectivity index (χ2n) is 4.84. The van der Waals surface area contributed by atoms with Crippen LogP contribution < -0.4 is 10.1 Å². The lowest BCUT2D eigenvalue weighted by molar-refractivity contribution is 0.337. The minimum absolute atomic E-state index is 0.227. The maximum Gasteiger partial charge on any atom is 0.125 e. The Morgan fingerprint density at radius 1 is 1.10 bits per heavy atom. The first-order chi connectivity index (χ1) is 9.60. The first kappa shape index (κ1) is 14.4. The minimum atomic E-state index is -0.227. The molecule has 0 fully saturated rings. The van der Waals surface area contributed by atoms with Crippen molar-refractivity contribution in [3.8, 4) is 5.75 Å². The Balaban J connectivity index is 2.12. The van der Waals surface area contributed by atoms with Crippen molar-refractivity contribution in [2.45, 2.75) is 27.3 Å². The van der Waals surface area contributed by atoms with Crippen molar-refractivity contribution >= 4 is 5.69 Å². The molecule has 0 saturated carbocycles. The van der Waals surface area contributed by atoms with Crippen LogP contribution >= 0.6 is 0 Å². The van der Waals surface area contributed by atoms with Crippen molar-refractivity contribution < 1.29 is 9.13 Å². The van der Waals surface area contributed by atoms with Crippen LogP contribution in [0.3, 0.4) is 0 Å². The number of anilines is 1. The van der Waals surface area contributed by atoms with Crippen LogP contribution in [-0.2, 0) is 6.54 Å². The van der Waals surface area contributed by atoms with Crippen LogP contribution in [0.2, 0.25) is 0 Å². The van der Waals surface area contributed by atoms with Crippen LogP contribution in [0.1, 0.15) is 23.6 Å². The Morgan fingerprint density at radius 3 is 2.60 bits per heavy atom. The Kier molecular flexibility index (Phi) is 4.61. The molecule has 0 spiro atoms. The molecule has 0 heterocycles. The third-order valence-corrected chi connectivity index (χ3v) is 3.24. The average molecular weight is 273 g/mol. The van der Waals surface area contributed by atoms with Gasteiger partial charge in [0.25, 0.3) is 0 Å². The molecule has 0 aliphatic heterocycles. The molecular formula is C17H20FNO. The van der Waals surface area contributed by atoms with Crippen molar-refractivity contribution in [2.24, 2.45) is 0 Å². The summed E-state index contributed by atoms with van der Waals surface area (Å²) in [7, 11) is 0. The van der Waals surface area contributed by atoms with E-state index in [0.717, 1.165) is 17.0 Å². The number of ether oxygens (including phenoxy) is 1. The monoisotopic (exact) mass is 273 g/mol. The zero-order valence-corrected chi connectivity index (χ0v) is 12.2. The largest absolute Gasteiger partial charge is 0.494 e. The van der Waals surface area contributed by atoms with E-state index in [2.05, 4.69) is 24.4 Å². The van der Waals surface area contributed by atoms with Crippen LogP contribution in [0, 0.1) is 19.7 Å². The number of hydrogen-bond donors (Lipinski definition) is 1. The maximum atomic E-state index is 13.1. The smallest absolute Gasteiger partial charge is 0.125 e. The summed E-state index contributed by atoms with van der Waals surface area (Å²) < 4.78 is 18.7. The van der Waals surface area contributed by atoms with E-state index >= 15 is 0 Å². The fourth-order valence-electron chi connectivity index (χ4n) is 2.15. The Bertz CT molecular complexity index is 596. The summed E-state index contributed by atoms with van der Waals surface area (Å²) in [6, 6.07) is 10.7. The molecule has 0 aliphatic rings. The van der Waals surface area contributed by atoms with Gasteiger partial charge in [0.2, 0.25) is 0 Å². The number of benzene rings is 2. The standard InChI is InChI=1S/C17H20FNO/c1-4-20-17-9-12(2)14(8-13(17)3)11-19-16-7-5-6-15(18)10-16/h5-10,19H,4,11H2,1-3H3. The number of halogens is 1. The van der Waals surface area contributed by atoms with Crippen LogP contribution in [0.15, 0.2) is 36.4 Å². The molecule has 2 aromatic carbocycles. The third-order valence-electron chi connectivity index (χ3n) is 3.24. The Hall–Kier alpha value is -2.03. The summed E-state index contributed by atoms with van der Waals surface area (Å²) in [5, 5.41) is 3.24. The average Bonchev–Trinajstić information content (AvgIpc) is 2.41. The van der Waals surface area contributed by atoms with Gasteiger partial charge in [0.1, 0.15) is 11.6 Å². The molecule has 0 saturated heterocycles. The highest BCUT2D eigenvalue weighted by Crippen LogP contribution is 2.23. The van der Waals surface area contributed by atoms with Gasteiger partial charge in [0.15, 0.2) is 0 Å². The van der Waals surface area contributed by atoms with E-state index < -0.39 is 0 Å². The van der Waals surface area contributed by atoms with Gasteiger partial charge in [-0.05, 0) is 61.7 Å². The Morgan fingerprint density at radius 2 is 1.90 bits per heavy atom. The van der Waals surface area contributed by atoms with Crippen molar-refractivity contribution in [3.63, 3.8) is 0 Å². The molecule has 0 aromatic heterocycles. The molecule has 1 N–H and O–H groups in total. The minimum Gasteiger partial charge on any atom is -0.494 e. The molecule has 2 nitrogen and oxygen atoms in total. The predicted molar refractivity (Wildman–Crippen MR) is 80.8 cm³/mol. The zero-order chi connectivity index (χ0) is 14.5. The first-order valence-electron chi connectivity index (χ1n) is 6.82. The van der Waals surface area contributed by atoms with E-state index in [1.165, 1.54) is 23.3 Å². The molecule has 0 bridgehead atoms. The number of hydrogen-bond acceptors (Lipinski definition) is 2. The molecule has 2 aromatic rings. The van der Waals surface area contributed by atoms with Crippen molar-refractivity contribution in [2.75, 3.05) is 11.9 Å². The third kappa shape index (κ3) is 3.50. The fourth-order valence-corrected chi connectivity index (χ4v) is 2.15. The molecule has 0 radical (unpaired) electrons. The molecule has 3 heteroatoms. The highest BCUT2D eigenvalue weighted by molar-refractivity contribution is 5.46. The van der Waals surface area contributed by atoms with E-state index in [1.807, 2.05) is 19.9 Å². The molecule has 0 atom stereocenters. The van der Waals surface area contributed by atoms with E-state index in [4.69, 9.17) is 4.74 Å². The van der Waals surface area contributed by atoms with E-state index in [9.17, 15) is 4.39 Å². The normalized spacial score (nSPS) is 10.4. The molecule has 0 aliphatic carbocycles. The van der Waals surface area contributed by atoms with Gasteiger partial charge in [-0.3, -0.25) is 0 Å². The second kappa shape index (κ2) is 6.42. The van der Waals surface area contributed by atoms with Crippen molar-refractivity contribution in [1.82, 2.24) is 0 Å². The number of rotatable bonds is 5. The van der Waals surface area contributed by atoms with E-state index in [1.54, 1.807) is 6.07 Å². The van der Waals surface area contributed by atoms with E-state index in [0.29, 0.717) is 13.2 Å². The summed E-state index contributed by atoms with van der Waals surface area (Å²) in [6.45, 7) is 7.42. The van der Waals surface area contributed by atoms with Crippen molar-refractivity contribution in [3.05, 3.63) is 58.9 Å². The summed E-state index contributed by atoms with van der Waals surface area (Å²) in [5.74, 6) is 0.703. The summed E-state index contributed by atoms with van der Waals surface area (Å²) in [4.78, 5) is 0. The summed E-state index contributed by atoms with van der Waals surface area (Å²) in [5.41, 5.74) is 4.27. The maximum absolute atomic E-state index is 13.1. The van der Waals surface area contributed by atoms with Crippen LogP contribution in [-0.4, -0.2) is 6.61 Å². The first-order valence-corrected chi connectivity index (χ1v) is 6.82. The Labute approximate surface area is 119 Å². The SMILES string of the molecule is CCOc1cc(C)c(CNc2cccc(F)c2)cc1C. The van der Waals surface area contributed by atoms with Gasteiger partial charge in [0.05, 0.1) is 6.61 Å². The van der Waals surface area contributed by atoms with Crippen molar-refractivity contribution in [1.29, 1.82) is 0 Å². The summed E-state index contributed by atoms with van der Waals surface area (Å²) in [6.07, 6.45) is 0. The van der Waals surface area contributed by atoms with Crippen LogP contribution in [0.5, 0.6) is 5.75 Å². The molecule has 20 heavy (non-hydrogen) atoms. The lowest BCUT2D eigenvalue weighted by Crippen LogP contribution is -2.03. The van der Waals surface area contributed by atoms with E-state index in [-0.39, 0.29) is 5.82 Å². The van der Waals surface area contributed by atoms with Gasteiger partial charge in [-0.15, -0.1) is 0 Å². The summed E-state index contributed by atoms with van der Waals surface area (Å²) >= 11 is 0. The highest BCUT2D eigenvalue weighted by Gasteiger charge is 2.05. The van der Waals surface area contributed by atoms with Gasteiger partial charge in [-0.1, -0.05) is 12.1 Å². The number of aryl methyl sites for hydroxylation is 2. The van der Waals surface area contributed by atoms with Gasteiger partial charge < -0.3 is 10.1 Å². The fraction of sp³-hybridized carbons (Fsp3) is 0.294. The van der Waals surface area contributed by atoms with Gasteiger partial charge in [-0.25, -0.2) is 4.39 Å². The molecule has 0 unspecified atom stereocenters. The lowest BCUT2D eigenvalue weighted by atomic mass is 10.0. The molecule has 2 rings (SSSR count). The zero-order valence-electron chi connectivity index (χ0n) is 12.2. The molecule has 0 amide bonds. The quantitative estimate of drug-likeness (QED) is 0.868. The molecular weight excluding hydrogens is 253 g/mol. The topological polar surface area (TPSA) is 21.3 Å². The highest BCUT2D eigenvalue weighted by atomic mass is 19.1. The second-order valence-corrected chi connectivity index (χ2v) is 4.84. The van der Waals surface area contributed by atoms with Crippen LogP contribution in [0.25, 0.3) is 0 Å². The number of nitrogens with one attached hydrogen (secondary N) is 1.